The molecule has 0 spiro atoms. The molecule has 3 nitrogen and oxygen atoms in total. The van der Waals surface area contributed by atoms with E-state index in [1.165, 1.54) is 38.5 Å². The zero-order chi connectivity index (χ0) is 12.8. The summed E-state index contributed by atoms with van der Waals surface area (Å²) in [6.07, 6.45) is 10.4. The van der Waals surface area contributed by atoms with Crippen molar-refractivity contribution in [2.24, 2.45) is 16.8 Å². The average molecular weight is 377 g/mol. The van der Waals surface area contributed by atoms with Crippen LogP contribution < -0.4 is 10.6 Å². The smallest absolute Gasteiger partial charge is 0.191 e. The lowest BCUT2D eigenvalue weighted by Gasteiger charge is -2.22. The fraction of sp³-hybridized carbons (Fsp3) is 0.800. The van der Waals surface area contributed by atoms with E-state index in [-0.39, 0.29) is 24.0 Å². The normalized spacial score (nSPS) is 27.3. The second-order valence-electron chi connectivity index (χ2n) is 5.56. The predicted octanol–water partition coefficient (Wildman–Crippen LogP) is 3.31. The molecule has 0 bridgehead atoms. The maximum absolute atomic E-state index is 4.47. The molecule has 0 radical (unpaired) electrons. The summed E-state index contributed by atoms with van der Waals surface area (Å²) in [5, 5.41) is 6.87. The van der Waals surface area contributed by atoms with Crippen LogP contribution in [0.2, 0.25) is 0 Å². The van der Waals surface area contributed by atoms with E-state index < -0.39 is 0 Å². The number of hydrogen-bond donors (Lipinski definition) is 2. The largest absolute Gasteiger partial charge is 0.357 e. The first-order chi connectivity index (χ1) is 8.85. The molecular weight excluding hydrogens is 349 g/mol. The molecule has 110 valence electrons. The van der Waals surface area contributed by atoms with Gasteiger partial charge in [-0.2, -0.15) is 0 Å². The van der Waals surface area contributed by atoms with Crippen molar-refractivity contribution in [3.8, 4) is 0 Å². The summed E-state index contributed by atoms with van der Waals surface area (Å²) in [5.41, 5.74) is 0. The summed E-state index contributed by atoms with van der Waals surface area (Å²) < 4.78 is 0. The van der Waals surface area contributed by atoms with Crippen molar-refractivity contribution in [2.75, 3.05) is 13.1 Å². The highest BCUT2D eigenvalue weighted by atomic mass is 127. The second kappa shape index (κ2) is 8.82. The third kappa shape index (κ3) is 5.32. The lowest BCUT2D eigenvalue weighted by molar-refractivity contribution is 0.315. The minimum Gasteiger partial charge on any atom is -0.357 e. The highest BCUT2D eigenvalue weighted by molar-refractivity contribution is 14.0. The fourth-order valence-electron chi connectivity index (χ4n) is 3.12. The Balaban J connectivity index is 0.00000180. The van der Waals surface area contributed by atoms with Gasteiger partial charge in [0.15, 0.2) is 5.96 Å². The van der Waals surface area contributed by atoms with E-state index in [0.717, 1.165) is 24.3 Å². The van der Waals surface area contributed by atoms with Gasteiger partial charge in [0.1, 0.15) is 0 Å². The van der Waals surface area contributed by atoms with E-state index in [9.17, 15) is 0 Å². The molecule has 2 aliphatic carbocycles. The summed E-state index contributed by atoms with van der Waals surface area (Å²) in [6, 6.07) is 0.663. The number of nitrogens with one attached hydrogen (secondary N) is 2. The standard InChI is InChI=1S/C15H27N3.HI/c1-3-10-17-15(16-4-2)18-14-11-13(14)12-8-6-5-7-9-12;/h3,12-14H,1,4-11H2,2H3,(H2,16,17,18);1H. The van der Waals surface area contributed by atoms with Crippen LogP contribution in [0.5, 0.6) is 0 Å². The number of nitrogens with zero attached hydrogens (tertiary/aromatic N) is 1. The van der Waals surface area contributed by atoms with E-state index in [1.54, 1.807) is 0 Å². The van der Waals surface area contributed by atoms with Crippen molar-refractivity contribution >= 4 is 29.9 Å². The minimum atomic E-state index is 0. The first-order valence-electron chi connectivity index (χ1n) is 7.51. The van der Waals surface area contributed by atoms with E-state index >= 15 is 0 Å². The zero-order valence-electron chi connectivity index (χ0n) is 12.0. The molecule has 2 rings (SSSR count). The van der Waals surface area contributed by atoms with Crippen molar-refractivity contribution < 1.29 is 0 Å². The summed E-state index contributed by atoms with van der Waals surface area (Å²) >= 11 is 0. The molecule has 0 aromatic rings. The van der Waals surface area contributed by atoms with Crippen LogP contribution in [0, 0.1) is 11.8 Å². The molecule has 4 heteroatoms. The van der Waals surface area contributed by atoms with Crippen LogP contribution in [-0.4, -0.2) is 25.1 Å². The van der Waals surface area contributed by atoms with Gasteiger partial charge in [-0.1, -0.05) is 38.2 Å². The Hall–Kier alpha value is -0.260. The van der Waals surface area contributed by atoms with Gasteiger partial charge in [-0.15, -0.1) is 30.6 Å². The Kier molecular flexibility index (Phi) is 7.80. The maximum Gasteiger partial charge on any atom is 0.191 e. The summed E-state index contributed by atoms with van der Waals surface area (Å²) in [6.45, 7) is 7.43. The molecule has 2 aliphatic rings. The van der Waals surface area contributed by atoms with Gasteiger partial charge >= 0.3 is 0 Å². The molecule has 2 atom stereocenters. The molecule has 0 amide bonds. The summed E-state index contributed by atoms with van der Waals surface area (Å²) in [4.78, 5) is 4.47. The summed E-state index contributed by atoms with van der Waals surface area (Å²) in [7, 11) is 0. The topological polar surface area (TPSA) is 36.4 Å². The van der Waals surface area contributed by atoms with Crippen molar-refractivity contribution in [1.29, 1.82) is 0 Å². The molecule has 0 heterocycles. The number of hydrogen-bond acceptors (Lipinski definition) is 1. The number of aliphatic imine (C=N–C) groups is 1. The number of halogens is 1. The third-order valence-corrected chi connectivity index (χ3v) is 4.14. The quantitative estimate of drug-likeness (QED) is 0.334. The minimum absolute atomic E-state index is 0. The van der Waals surface area contributed by atoms with Gasteiger partial charge in [0.05, 0.1) is 6.54 Å². The highest BCUT2D eigenvalue weighted by Crippen LogP contribution is 2.44. The van der Waals surface area contributed by atoms with Gasteiger partial charge in [-0.05, 0) is 25.2 Å². The van der Waals surface area contributed by atoms with Crippen molar-refractivity contribution in [3.63, 3.8) is 0 Å². The molecule has 0 aromatic heterocycles. The van der Waals surface area contributed by atoms with Gasteiger partial charge in [-0.25, -0.2) is 4.99 Å². The Bertz CT molecular complexity index is 298. The van der Waals surface area contributed by atoms with Gasteiger partial charge in [0.2, 0.25) is 0 Å². The zero-order valence-corrected chi connectivity index (χ0v) is 14.4. The van der Waals surface area contributed by atoms with Crippen molar-refractivity contribution in [2.45, 2.75) is 51.5 Å². The monoisotopic (exact) mass is 377 g/mol. The highest BCUT2D eigenvalue weighted by Gasteiger charge is 2.43. The maximum atomic E-state index is 4.47. The lowest BCUT2D eigenvalue weighted by atomic mass is 9.85. The van der Waals surface area contributed by atoms with Crippen LogP contribution >= 0.6 is 24.0 Å². The molecule has 2 N–H and O–H groups in total. The molecule has 0 saturated heterocycles. The molecule has 2 fully saturated rings. The van der Waals surface area contributed by atoms with Gasteiger partial charge in [0, 0.05) is 12.6 Å². The molecule has 2 unspecified atom stereocenters. The first kappa shape index (κ1) is 16.8. The van der Waals surface area contributed by atoms with Gasteiger partial charge < -0.3 is 10.6 Å². The molecule has 0 aliphatic heterocycles. The van der Waals surface area contributed by atoms with Crippen LogP contribution in [0.1, 0.15) is 45.4 Å². The van der Waals surface area contributed by atoms with E-state index in [2.05, 4.69) is 29.1 Å². The van der Waals surface area contributed by atoms with Crippen LogP contribution in [0.25, 0.3) is 0 Å². The number of rotatable bonds is 5. The van der Waals surface area contributed by atoms with Crippen molar-refractivity contribution in [3.05, 3.63) is 12.7 Å². The van der Waals surface area contributed by atoms with Crippen LogP contribution in [0.15, 0.2) is 17.6 Å². The SMILES string of the molecule is C=CCN=C(NCC)NC1CC1C1CCCCC1.I. The Morgan fingerprint density at radius 1 is 1.32 bits per heavy atom. The Morgan fingerprint density at radius 3 is 2.68 bits per heavy atom. The summed E-state index contributed by atoms with van der Waals surface area (Å²) in [5.74, 6) is 2.83. The fourth-order valence-corrected chi connectivity index (χ4v) is 3.12. The molecule has 0 aromatic carbocycles. The molecular formula is C15H28IN3. The average Bonchev–Trinajstić information content (AvgIpc) is 3.16. The van der Waals surface area contributed by atoms with Crippen LogP contribution in [0.3, 0.4) is 0 Å². The van der Waals surface area contributed by atoms with Gasteiger partial charge in [0.25, 0.3) is 0 Å². The van der Waals surface area contributed by atoms with Crippen LogP contribution in [0.4, 0.5) is 0 Å². The van der Waals surface area contributed by atoms with E-state index in [4.69, 9.17) is 0 Å². The Labute approximate surface area is 134 Å². The molecule has 2 saturated carbocycles. The van der Waals surface area contributed by atoms with Crippen molar-refractivity contribution in [1.82, 2.24) is 10.6 Å². The van der Waals surface area contributed by atoms with Gasteiger partial charge in [-0.3, -0.25) is 0 Å². The van der Waals surface area contributed by atoms with Crippen LogP contribution in [-0.2, 0) is 0 Å². The lowest BCUT2D eigenvalue weighted by Crippen LogP contribution is -2.39. The third-order valence-electron chi connectivity index (χ3n) is 4.14. The molecule has 19 heavy (non-hydrogen) atoms. The predicted molar refractivity (Wildman–Crippen MR) is 93.2 cm³/mol. The number of guanidine groups is 1. The Morgan fingerprint density at radius 2 is 2.05 bits per heavy atom. The van der Waals surface area contributed by atoms with E-state index in [1.807, 2.05) is 6.08 Å². The first-order valence-corrected chi connectivity index (χ1v) is 7.51. The van der Waals surface area contributed by atoms with E-state index in [0.29, 0.717) is 12.6 Å². The second-order valence-corrected chi connectivity index (χ2v) is 5.56.